The summed E-state index contributed by atoms with van der Waals surface area (Å²) >= 11 is 0. The zero-order chi connectivity index (χ0) is 19.8. The lowest BCUT2D eigenvalue weighted by molar-refractivity contribution is -0.384. The van der Waals surface area contributed by atoms with E-state index in [1.165, 1.54) is 12.1 Å². The molecule has 27 heavy (non-hydrogen) atoms. The van der Waals surface area contributed by atoms with Crippen molar-refractivity contribution < 1.29 is 9.72 Å². The smallest absolute Gasteiger partial charge is 0.269 e. The number of likely N-dealkylation sites (N-methyl/N-ethyl adjacent to an activating group) is 1. The Balaban J connectivity index is 2.09. The molecule has 7 nitrogen and oxygen atoms in total. The highest BCUT2D eigenvalue weighted by Gasteiger charge is 2.16. The van der Waals surface area contributed by atoms with Gasteiger partial charge in [-0.05, 0) is 37.4 Å². The molecule has 0 fully saturated rings. The summed E-state index contributed by atoms with van der Waals surface area (Å²) in [5.41, 5.74) is 2.27. The van der Waals surface area contributed by atoms with Gasteiger partial charge in [0.2, 0.25) is 5.91 Å². The highest BCUT2D eigenvalue weighted by atomic mass is 16.6. The van der Waals surface area contributed by atoms with Crippen molar-refractivity contribution in [2.24, 2.45) is 0 Å². The zero-order valence-corrected chi connectivity index (χ0v) is 15.5. The van der Waals surface area contributed by atoms with Crippen molar-refractivity contribution in [1.29, 1.82) is 5.26 Å². The van der Waals surface area contributed by atoms with Crippen LogP contribution in [0.1, 0.15) is 16.7 Å². The summed E-state index contributed by atoms with van der Waals surface area (Å²) < 4.78 is 0. The lowest BCUT2D eigenvalue weighted by Gasteiger charge is -2.25. The molecule has 140 valence electrons. The third-order valence-electron chi connectivity index (χ3n) is 4.13. The topological polar surface area (TPSA) is 90.5 Å². The number of hydrogen-bond acceptors (Lipinski definition) is 5. The van der Waals surface area contributed by atoms with E-state index < -0.39 is 4.92 Å². The highest BCUT2D eigenvalue weighted by Crippen LogP contribution is 2.14. The van der Waals surface area contributed by atoms with E-state index in [2.05, 4.69) is 6.07 Å². The Morgan fingerprint density at radius 2 is 1.63 bits per heavy atom. The van der Waals surface area contributed by atoms with Gasteiger partial charge in [-0.3, -0.25) is 14.9 Å². The number of amides is 1. The van der Waals surface area contributed by atoms with Gasteiger partial charge in [-0.1, -0.05) is 24.3 Å². The molecule has 2 aromatic carbocycles. The minimum absolute atomic E-state index is 0.00763. The lowest BCUT2D eigenvalue weighted by atomic mass is 10.1. The molecular weight excluding hydrogens is 344 g/mol. The molecular formula is C20H22N4O3. The fourth-order valence-electron chi connectivity index (χ4n) is 2.54. The van der Waals surface area contributed by atoms with Gasteiger partial charge in [0.1, 0.15) is 0 Å². The van der Waals surface area contributed by atoms with Crippen LogP contribution in [-0.2, 0) is 17.8 Å². The van der Waals surface area contributed by atoms with Crippen molar-refractivity contribution in [2.45, 2.75) is 13.0 Å². The minimum atomic E-state index is -0.458. The van der Waals surface area contributed by atoms with Crippen molar-refractivity contribution >= 4 is 11.6 Å². The summed E-state index contributed by atoms with van der Waals surface area (Å²) in [5.74, 6) is -0.0462. The number of nitrogens with zero attached hydrogens (tertiary/aromatic N) is 4. The number of nitro benzene ring substituents is 1. The third kappa shape index (κ3) is 6.20. The molecule has 0 heterocycles. The average Bonchev–Trinajstić information content (AvgIpc) is 2.65. The van der Waals surface area contributed by atoms with Gasteiger partial charge in [-0.15, -0.1) is 0 Å². The van der Waals surface area contributed by atoms with Crippen LogP contribution < -0.4 is 0 Å². The molecule has 0 radical (unpaired) electrons. The van der Waals surface area contributed by atoms with E-state index in [-0.39, 0.29) is 18.0 Å². The van der Waals surface area contributed by atoms with E-state index in [4.69, 9.17) is 5.26 Å². The fourth-order valence-corrected chi connectivity index (χ4v) is 2.54. The molecule has 7 heteroatoms. The van der Waals surface area contributed by atoms with Crippen molar-refractivity contribution in [2.75, 3.05) is 27.2 Å². The second-order valence-corrected chi connectivity index (χ2v) is 6.53. The Morgan fingerprint density at radius 1 is 1.04 bits per heavy atom. The van der Waals surface area contributed by atoms with Gasteiger partial charge in [-0.25, -0.2) is 0 Å². The van der Waals surface area contributed by atoms with Crippen LogP contribution in [0.3, 0.4) is 0 Å². The third-order valence-corrected chi connectivity index (χ3v) is 4.13. The summed E-state index contributed by atoms with van der Waals surface area (Å²) in [6, 6.07) is 15.3. The molecule has 0 N–H and O–H groups in total. The highest BCUT2D eigenvalue weighted by molar-refractivity contribution is 5.78. The monoisotopic (exact) mass is 366 g/mol. The Kier molecular flexibility index (Phi) is 7.03. The molecule has 0 aliphatic heterocycles. The maximum Gasteiger partial charge on any atom is 0.269 e. The molecule has 0 unspecified atom stereocenters. The van der Waals surface area contributed by atoms with Crippen LogP contribution >= 0.6 is 0 Å². The van der Waals surface area contributed by atoms with Gasteiger partial charge < -0.3 is 9.80 Å². The SMILES string of the molecule is CN(C)CCN(Cc1ccc(C#N)cc1)C(=O)Cc1ccc([N+](=O)[O-])cc1. The summed E-state index contributed by atoms with van der Waals surface area (Å²) in [5, 5.41) is 19.6. The first kappa shape index (κ1) is 20.1. The number of nitro groups is 1. The van der Waals surface area contributed by atoms with Gasteiger partial charge in [-0.2, -0.15) is 5.26 Å². The fraction of sp³-hybridized carbons (Fsp3) is 0.300. The second kappa shape index (κ2) is 9.46. The van der Waals surface area contributed by atoms with Crippen LogP contribution in [-0.4, -0.2) is 47.8 Å². The Labute approximate surface area is 158 Å². The van der Waals surface area contributed by atoms with Crippen LogP contribution in [0.15, 0.2) is 48.5 Å². The number of non-ortho nitro benzene ring substituents is 1. The standard InChI is InChI=1S/C20H22N4O3/c1-22(2)11-12-23(15-18-5-3-17(14-21)4-6-18)20(25)13-16-7-9-19(10-8-16)24(26)27/h3-10H,11-13,15H2,1-2H3. The van der Waals surface area contributed by atoms with Crippen molar-refractivity contribution in [1.82, 2.24) is 9.80 Å². The van der Waals surface area contributed by atoms with Crippen LogP contribution in [0.5, 0.6) is 0 Å². The van der Waals surface area contributed by atoms with Gasteiger partial charge in [0.25, 0.3) is 5.69 Å². The molecule has 2 aromatic rings. The Morgan fingerprint density at radius 3 is 2.15 bits per heavy atom. The predicted octanol–water partition coefficient (Wildman–Crippen LogP) is 2.60. The van der Waals surface area contributed by atoms with Gasteiger partial charge >= 0.3 is 0 Å². The zero-order valence-electron chi connectivity index (χ0n) is 15.5. The van der Waals surface area contributed by atoms with Crippen molar-refractivity contribution in [3.8, 4) is 6.07 Å². The quantitative estimate of drug-likeness (QED) is 0.529. The van der Waals surface area contributed by atoms with Crippen LogP contribution in [0, 0.1) is 21.4 Å². The number of carbonyl (C=O) groups is 1. The number of nitriles is 1. The first-order chi connectivity index (χ1) is 12.9. The molecule has 0 atom stereocenters. The van der Waals surface area contributed by atoms with Crippen LogP contribution in [0.2, 0.25) is 0 Å². The molecule has 0 spiro atoms. The van der Waals surface area contributed by atoms with Crippen LogP contribution in [0.4, 0.5) is 5.69 Å². The molecule has 0 aliphatic rings. The molecule has 2 rings (SSSR count). The first-order valence-corrected chi connectivity index (χ1v) is 8.54. The number of hydrogen-bond donors (Lipinski definition) is 0. The number of carbonyl (C=O) groups excluding carboxylic acids is 1. The van der Waals surface area contributed by atoms with E-state index in [1.54, 1.807) is 29.2 Å². The summed E-state index contributed by atoms with van der Waals surface area (Å²) in [4.78, 5) is 26.9. The maximum atomic E-state index is 12.8. The molecule has 0 aliphatic carbocycles. The summed E-state index contributed by atoms with van der Waals surface area (Å²) in [6.07, 6.45) is 0.182. The normalized spacial score (nSPS) is 10.4. The molecule has 0 saturated heterocycles. The van der Waals surface area contributed by atoms with E-state index in [0.717, 1.165) is 17.7 Å². The van der Waals surface area contributed by atoms with Crippen molar-refractivity contribution in [3.63, 3.8) is 0 Å². The summed E-state index contributed by atoms with van der Waals surface area (Å²) in [6.45, 7) is 1.74. The van der Waals surface area contributed by atoms with Crippen molar-refractivity contribution in [3.05, 3.63) is 75.3 Å². The maximum absolute atomic E-state index is 12.8. The minimum Gasteiger partial charge on any atom is -0.337 e. The van der Waals surface area contributed by atoms with E-state index >= 15 is 0 Å². The second-order valence-electron chi connectivity index (χ2n) is 6.53. The molecule has 1 amide bonds. The molecule has 0 aromatic heterocycles. The predicted molar refractivity (Wildman–Crippen MR) is 102 cm³/mol. The molecule has 0 saturated carbocycles. The average molecular weight is 366 g/mol. The number of benzene rings is 2. The Hall–Kier alpha value is -3.24. The summed E-state index contributed by atoms with van der Waals surface area (Å²) in [7, 11) is 3.89. The first-order valence-electron chi connectivity index (χ1n) is 8.54. The van der Waals surface area contributed by atoms with Gasteiger partial charge in [0.05, 0.1) is 23.0 Å². The largest absolute Gasteiger partial charge is 0.337 e. The lowest BCUT2D eigenvalue weighted by Crippen LogP contribution is -2.37. The Bertz CT molecular complexity index is 824. The van der Waals surface area contributed by atoms with Gasteiger partial charge in [0.15, 0.2) is 0 Å². The van der Waals surface area contributed by atoms with E-state index in [1.807, 2.05) is 31.1 Å². The van der Waals surface area contributed by atoms with E-state index in [9.17, 15) is 14.9 Å². The van der Waals surface area contributed by atoms with Crippen LogP contribution in [0.25, 0.3) is 0 Å². The number of rotatable bonds is 8. The van der Waals surface area contributed by atoms with E-state index in [0.29, 0.717) is 18.7 Å². The molecule has 0 bridgehead atoms. The van der Waals surface area contributed by atoms with Gasteiger partial charge in [0, 0.05) is 31.8 Å².